The first kappa shape index (κ1) is 20.9. The first-order valence-corrected chi connectivity index (χ1v) is 9.03. The van der Waals surface area contributed by atoms with Crippen molar-refractivity contribution in [1.82, 2.24) is 0 Å². The zero-order chi connectivity index (χ0) is 21.2. The van der Waals surface area contributed by atoms with E-state index in [4.69, 9.17) is 0 Å². The lowest BCUT2D eigenvalue weighted by Gasteiger charge is -2.24. The predicted octanol–water partition coefficient (Wildman–Crippen LogP) is 4.75. The second-order valence-electron chi connectivity index (χ2n) is 5.96. The smallest absolute Gasteiger partial charge is 0.416 e. The SMILES string of the molecule is O=C(C[C@H]1Sc2ccc(C(F)(F)F)cc2NC1=O)Nc1ccc(OC(F)F)cc1. The number of rotatable bonds is 5. The Balaban J connectivity index is 1.62. The second-order valence-corrected chi connectivity index (χ2v) is 7.20. The molecular formula is C18H13F5N2O3S. The highest BCUT2D eigenvalue weighted by Crippen LogP contribution is 2.40. The molecule has 0 saturated heterocycles. The van der Waals surface area contributed by atoms with Crippen molar-refractivity contribution in [2.45, 2.75) is 29.4 Å². The Labute approximate surface area is 165 Å². The average molecular weight is 432 g/mol. The molecule has 0 saturated carbocycles. The normalized spacial score (nSPS) is 16.2. The van der Waals surface area contributed by atoms with E-state index in [0.717, 1.165) is 23.9 Å². The molecule has 1 aliphatic rings. The minimum atomic E-state index is -4.53. The van der Waals surface area contributed by atoms with Gasteiger partial charge in [0.25, 0.3) is 0 Å². The summed E-state index contributed by atoms with van der Waals surface area (Å²) < 4.78 is 66.8. The van der Waals surface area contributed by atoms with Crippen LogP contribution in [0.4, 0.5) is 33.3 Å². The molecule has 2 aromatic rings. The number of amides is 2. The fraction of sp³-hybridized carbons (Fsp3) is 0.222. The molecule has 2 amide bonds. The van der Waals surface area contributed by atoms with Crippen LogP contribution in [0.2, 0.25) is 0 Å². The molecule has 0 aliphatic carbocycles. The summed E-state index contributed by atoms with van der Waals surface area (Å²) in [6, 6.07) is 8.21. The molecule has 0 radical (unpaired) electrons. The molecule has 1 heterocycles. The summed E-state index contributed by atoms with van der Waals surface area (Å²) in [5.41, 5.74) is -0.526. The van der Waals surface area contributed by atoms with Gasteiger partial charge in [0.15, 0.2) is 0 Å². The van der Waals surface area contributed by atoms with Gasteiger partial charge in [-0.05, 0) is 42.5 Å². The standard InChI is InChI=1S/C18H13F5N2O3S/c19-17(20)28-11-4-2-10(3-5-11)24-15(26)8-14-16(27)25-12-7-9(18(21,22)23)1-6-13(12)29-14/h1-7,14,17H,8H2,(H,24,26)(H,25,27)/t14-/m1/s1. The second kappa shape index (κ2) is 8.27. The molecule has 0 spiro atoms. The van der Waals surface area contributed by atoms with Gasteiger partial charge in [0.05, 0.1) is 16.5 Å². The lowest BCUT2D eigenvalue weighted by molar-refractivity contribution is -0.137. The molecule has 2 aromatic carbocycles. The minimum Gasteiger partial charge on any atom is -0.435 e. The summed E-state index contributed by atoms with van der Waals surface area (Å²) >= 11 is 0.989. The summed E-state index contributed by atoms with van der Waals surface area (Å²) in [5, 5.41) is 4.08. The van der Waals surface area contributed by atoms with Crippen LogP contribution in [0.15, 0.2) is 47.4 Å². The van der Waals surface area contributed by atoms with Crippen LogP contribution in [0.1, 0.15) is 12.0 Å². The molecule has 0 unspecified atom stereocenters. The lowest BCUT2D eigenvalue weighted by atomic mass is 10.1. The van der Waals surface area contributed by atoms with Crippen LogP contribution in [-0.4, -0.2) is 23.7 Å². The van der Waals surface area contributed by atoms with E-state index in [1.54, 1.807) is 0 Å². The van der Waals surface area contributed by atoms with Crippen molar-refractivity contribution in [3.63, 3.8) is 0 Å². The van der Waals surface area contributed by atoms with Gasteiger partial charge in [0.1, 0.15) is 5.75 Å². The lowest BCUT2D eigenvalue weighted by Crippen LogP contribution is -2.32. The number of anilines is 2. The third-order valence-corrected chi connectivity index (χ3v) is 5.14. The molecule has 0 bridgehead atoms. The van der Waals surface area contributed by atoms with Crippen molar-refractivity contribution >= 4 is 35.0 Å². The maximum absolute atomic E-state index is 12.8. The van der Waals surface area contributed by atoms with E-state index in [9.17, 15) is 31.5 Å². The van der Waals surface area contributed by atoms with Crippen molar-refractivity contribution in [2.24, 2.45) is 0 Å². The van der Waals surface area contributed by atoms with Crippen LogP contribution in [0.25, 0.3) is 0 Å². The molecule has 2 N–H and O–H groups in total. The molecule has 0 fully saturated rings. The summed E-state index contributed by atoms with van der Waals surface area (Å²) in [7, 11) is 0. The number of hydrogen-bond acceptors (Lipinski definition) is 4. The van der Waals surface area contributed by atoms with E-state index < -0.39 is 35.4 Å². The summed E-state index contributed by atoms with van der Waals surface area (Å²) in [5.74, 6) is -1.18. The molecule has 5 nitrogen and oxygen atoms in total. The highest BCUT2D eigenvalue weighted by atomic mass is 32.2. The number of ether oxygens (including phenoxy) is 1. The Bertz CT molecular complexity index is 919. The summed E-state index contributed by atoms with van der Waals surface area (Å²) in [6.07, 6.45) is -4.76. The van der Waals surface area contributed by atoms with E-state index in [1.807, 2.05) is 0 Å². The Morgan fingerprint density at radius 2 is 1.86 bits per heavy atom. The van der Waals surface area contributed by atoms with Crippen molar-refractivity contribution in [3.8, 4) is 5.75 Å². The van der Waals surface area contributed by atoms with Gasteiger partial charge in [0, 0.05) is 17.0 Å². The molecule has 1 aliphatic heterocycles. The third-order valence-electron chi connectivity index (χ3n) is 3.86. The van der Waals surface area contributed by atoms with Crippen LogP contribution in [0.5, 0.6) is 5.75 Å². The number of carbonyl (C=O) groups excluding carboxylic acids is 2. The van der Waals surface area contributed by atoms with E-state index in [2.05, 4.69) is 15.4 Å². The quantitative estimate of drug-likeness (QED) is 0.670. The number of nitrogens with one attached hydrogen (secondary N) is 2. The van der Waals surface area contributed by atoms with Crippen LogP contribution in [-0.2, 0) is 15.8 Å². The van der Waals surface area contributed by atoms with Crippen molar-refractivity contribution in [2.75, 3.05) is 10.6 Å². The van der Waals surface area contributed by atoms with E-state index in [0.29, 0.717) is 10.6 Å². The molecule has 29 heavy (non-hydrogen) atoms. The topological polar surface area (TPSA) is 67.4 Å². The Morgan fingerprint density at radius 1 is 1.17 bits per heavy atom. The average Bonchev–Trinajstić information content (AvgIpc) is 2.62. The fourth-order valence-corrected chi connectivity index (χ4v) is 3.65. The number of carbonyl (C=O) groups is 2. The molecule has 0 aromatic heterocycles. The maximum atomic E-state index is 12.8. The Kier molecular flexibility index (Phi) is 5.96. The number of hydrogen-bond donors (Lipinski definition) is 2. The molecular weight excluding hydrogens is 419 g/mol. The Morgan fingerprint density at radius 3 is 2.48 bits per heavy atom. The number of halogens is 5. The van der Waals surface area contributed by atoms with Crippen LogP contribution >= 0.6 is 11.8 Å². The highest BCUT2D eigenvalue weighted by Gasteiger charge is 2.34. The maximum Gasteiger partial charge on any atom is 0.416 e. The summed E-state index contributed by atoms with van der Waals surface area (Å²) in [4.78, 5) is 24.8. The van der Waals surface area contributed by atoms with E-state index in [-0.39, 0.29) is 17.9 Å². The zero-order valence-electron chi connectivity index (χ0n) is 14.4. The van der Waals surface area contributed by atoms with Crippen molar-refractivity contribution in [1.29, 1.82) is 0 Å². The molecule has 1 atom stereocenters. The molecule has 154 valence electrons. The van der Waals surface area contributed by atoms with Crippen molar-refractivity contribution in [3.05, 3.63) is 48.0 Å². The van der Waals surface area contributed by atoms with Gasteiger partial charge < -0.3 is 15.4 Å². The first-order chi connectivity index (χ1) is 13.6. The van der Waals surface area contributed by atoms with Crippen LogP contribution in [0.3, 0.4) is 0 Å². The Hall–Kier alpha value is -2.82. The van der Waals surface area contributed by atoms with E-state index in [1.165, 1.54) is 30.3 Å². The van der Waals surface area contributed by atoms with Gasteiger partial charge in [0.2, 0.25) is 11.8 Å². The van der Waals surface area contributed by atoms with Gasteiger partial charge in [-0.25, -0.2) is 0 Å². The van der Waals surface area contributed by atoms with Crippen LogP contribution in [0, 0.1) is 0 Å². The fourth-order valence-electron chi connectivity index (χ4n) is 2.56. The largest absolute Gasteiger partial charge is 0.435 e. The zero-order valence-corrected chi connectivity index (χ0v) is 15.2. The number of benzene rings is 2. The number of alkyl halides is 5. The van der Waals surface area contributed by atoms with Gasteiger partial charge in [-0.3, -0.25) is 9.59 Å². The predicted molar refractivity (Wildman–Crippen MR) is 96.0 cm³/mol. The van der Waals surface area contributed by atoms with Gasteiger partial charge in [-0.1, -0.05) is 0 Å². The number of thioether (sulfide) groups is 1. The monoisotopic (exact) mass is 432 g/mol. The van der Waals surface area contributed by atoms with Gasteiger partial charge >= 0.3 is 12.8 Å². The summed E-state index contributed by atoms with van der Waals surface area (Å²) in [6.45, 7) is -2.97. The third kappa shape index (κ3) is 5.37. The first-order valence-electron chi connectivity index (χ1n) is 8.15. The van der Waals surface area contributed by atoms with Crippen molar-refractivity contribution < 1.29 is 36.3 Å². The van der Waals surface area contributed by atoms with E-state index >= 15 is 0 Å². The number of fused-ring (bicyclic) bond motifs is 1. The van der Waals surface area contributed by atoms with Gasteiger partial charge in [-0.2, -0.15) is 22.0 Å². The molecule has 11 heteroatoms. The van der Waals surface area contributed by atoms with Crippen LogP contribution < -0.4 is 15.4 Å². The minimum absolute atomic E-state index is 0.0427. The molecule has 3 rings (SSSR count). The van der Waals surface area contributed by atoms with Gasteiger partial charge in [-0.15, -0.1) is 11.8 Å². The highest BCUT2D eigenvalue weighted by molar-refractivity contribution is 8.01.